The van der Waals surface area contributed by atoms with Crippen molar-refractivity contribution in [3.05, 3.63) is 59.7 Å². The number of anilines is 1. The second-order valence-corrected chi connectivity index (χ2v) is 10.2. The predicted molar refractivity (Wildman–Crippen MR) is 125 cm³/mol. The molecule has 0 aliphatic carbocycles. The second kappa shape index (κ2) is 10.3. The summed E-state index contributed by atoms with van der Waals surface area (Å²) in [5, 5.41) is 3.03. The third-order valence-corrected chi connectivity index (χ3v) is 7.48. The summed E-state index contributed by atoms with van der Waals surface area (Å²) < 4.78 is 28.2. The van der Waals surface area contributed by atoms with Crippen LogP contribution in [0.3, 0.4) is 0 Å². The second-order valence-electron chi connectivity index (χ2n) is 8.44. The Balaban J connectivity index is 1.62. The molecule has 1 fully saturated rings. The van der Waals surface area contributed by atoms with Crippen molar-refractivity contribution in [3.63, 3.8) is 0 Å². The van der Waals surface area contributed by atoms with Gasteiger partial charge in [0.25, 0.3) is 5.91 Å². The molecule has 168 valence electrons. The average Bonchev–Trinajstić information content (AvgIpc) is 2.77. The number of carbonyl (C=O) groups is 1. The number of benzene rings is 2. The number of para-hydroxylation sites is 1. The Morgan fingerprint density at radius 2 is 1.74 bits per heavy atom. The van der Waals surface area contributed by atoms with E-state index in [2.05, 4.69) is 28.8 Å². The van der Waals surface area contributed by atoms with Crippen molar-refractivity contribution in [1.82, 2.24) is 10.0 Å². The van der Waals surface area contributed by atoms with Crippen molar-refractivity contribution >= 4 is 21.6 Å². The van der Waals surface area contributed by atoms with Crippen molar-refractivity contribution in [2.75, 3.05) is 24.5 Å². The Morgan fingerprint density at radius 3 is 2.39 bits per heavy atom. The van der Waals surface area contributed by atoms with Crippen LogP contribution in [0.4, 0.5) is 5.69 Å². The quantitative estimate of drug-likeness (QED) is 0.652. The molecule has 7 heteroatoms. The third-order valence-electron chi connectivity index (χ3n) is 5.95. The first-order valence-corrected chi connectivity index (χ1v) is 12.5. The van der Waals surface area contributed by atoms with Gasteiger partial charge in [-0.05, 0) is 49.9 Å². The monoisotopic (exact) mass is 443 g/mol. The van der Waals surface area contributed by atoms with Gasteiger partial charge in [0.2, 0.25) is 10.0 Å². The number of amides is 1. The van der Waals surface area contributed by atoms with E-state index in [-0.39, 0.29) is 11.9 Å². The van der Waals surface area contributed by atoms with Crippen molar-refractivity contribution in [2.45, 2.75) is 51.0 Å². The molecule has 0 spiro atoms. The Kier molecular flexibility index (Phi) is 7.73. The molecule has 2 aromatic carbocycles. The summed E-state index contributed by atoms with van der Waals surface area (Å²) in [7, 11) is -3.53. The molecule has 6 nitrogen and oxygen atoms in total. The van der Waals surface area contributed by atoms with Crippen LogP contribution in [-0.4, -0.2) is 40.0 Å². The summed E-state index contributed by atoms with van der Waals surface area (Å²) in [6.07, 6.45) is 2.40. The number of nitrogens with one attached hydrogen (secondary N) is 2. The van der Waals surface area contributed by atoms with Crippen LogP contribution in [0.5, 0.6) is 0 Å². The minimum atomic E-state index is -3.53. The zero-order chi connectivity index (χ0) is 22.4. The lowest BCUT2D eigenvalue weighted by molar-refractivity contribution is 0.0948. The molecule has 1 aliphatic heterocycles. The van der Waals surface area contributed by atoms with Gasteiger partial charge in [-0.3, -0.25) is 4.79 Å². The van der Waals surface area contributed by atoms with Crippen LogP contribution in [-0.2, 0) is 10.0 Å². The van der Waals surface area contributed by atoms with Crippen LogP contribution in [0.1, 0.15) is 49.0 Å². The van der Waals surface area contributed by atoms with Gasteiger partial charge in [0.15, 0.2) is 0 Å². The summed E-state index contributed by atoms with van der Waals surface area (Å²) in [4.78, 5) is 15.2. The maximum Gasteiger partial charge on any atom is 0.253 e. The number of carbonyl (C=O) groups excluding carboxylic acids is 1. The van der Waals surface area contributed by atoms with Crippen molar-refractivity contribution in [3.8, 4) is 0 Å². The number of sulfonamides is 1. The Labute approximate surface area is 186 Å². The van der Waals surface area contributed by atoms with Gasteiger partial charge in [0, 0.05) is 31.4 Å². The summed E-state index contributed by atoms with van der Waals surface area (Å²) in [5.41, 5.74) is 2.60. The number of rotatable bonds is 8. The molecule has 0 aromatic heterocycles. The zero-order valence-corrected chi connectivity index (χ0v) is 19.4. The molecular formula is C24H33N3O3S. The predicted octanol–water partition coefficient (Wildman–Crippen LogP) is 3.72. The smallest absolute Gasteiger partial charge is 0.253 e. The van der Waals surface area contributed by atoms with E-state index in [9.17, 15) is 13.2 Å². The Bertz CT molecular complexity index is 981. The van der Waals surface area contributed by atoms with Gasteiger partial charge < -0.3 is 10.2 Å². The van der Waals surface area contributed by atoms with E-state index in [1.54, 1.807) is 24.3 Å². The molecule has 31 heavy (non-hydrogen) atoms. The SMILES string of the molecule is CCC(C)CNC(=O)c1ccccc1N1CCC(NS(=O)(=O)c2ccc(C)cc2)CC1. The highest BCUT2D eigenvalue weighted by atomic mass is 32.2. The third kappa shape index (κ3) is 6.08. The van der Waals surface area contributed by atoms with E-state index in [1.165, 1.54) is 0 Å². The molecule has 1 amide bonds. The first kappa shape index (κ1) is 23.3. The number of hydrogen-bond donors (Lipinski definition) is 2. The molecule has 0 radical (unpaired) electrons. The zero-order valence-electron chi connectivity index (χ0n) is 18.6. The van der Waals surface area contributed by atoms with E-state index in [0.29, 0.717) is 48.9 Å². The molecule has 1 unspecified atom stereocenters. The Hall–Kier alpha value is -2.38. The van der Waals surface area contributed by atoms with Crippen LogP contribution in [0.25, 0.3) is 0 Å². The first-order valence-electron chi connectivity index (χ1n) is 11.0. The van der Waals surface area contributed by atoms with Gasteiger partial charge in [0.1, 0.15) is 0 Å². The van der Waals surface area contributed by atoms with Gasteiger partial charge in [-0.2, -0.15) is 0 Å². The lowest BCUT2D eigenvalue weighted by Crippen LogP contribution is -2.45. The minimum absolute atomic E-state index is 0.0573. The molecule has 1 aliphatic rings. The summed E-state index contributed by atoms with van der Waals surface area (Å²) in [6, 6.07) is 14.4. The highest BCUT2D eigenvalue weighted by molar-refractivity contribution is 7.89. The number of piperidine rings is 1. The fourth-order valence-electron chi connectivity index (χ4n) is 3.69. The molecule has 2 aromatic rings. The van der Waals surface area contributed by atoms with Gasteiger partial charge in [-0.1, -0.05) is 50.1 Å². The standard InChI is InChI=1S/C24H33N3O3S/c1-4-18(2)17-25-24(28)22-7-5-6-8-23(22)27-15-13-20(14-16-27)26-31(29,30)21-11-9-19(3)10-12-21/h5-12,18,20,26H,4,13-17H2,1-3H3,(H,25,28). The van der Waals surface area contributed by atoms with E-state index in [4.69, 9.17) is 0 Å². The van der Waals surface area contributed by atoms with Gasteiger partial charge in [-0.25, -0.2) is 13.1 Å². The number of nitrogens with zero attached hydrogens (tertiary/aromatic N) is 1. The highest BCUT2D eigenvalue weighted by Crippen LogP contribution is 2.25. The maximum atomic E-state index is 12.7. The Morgan fingerprint density at radius 1 is 1.10 bits per heavy atom. The van der Waals surface area contributed by atoms with Gasteiger partial charge in [0.05, 0.1) is 10.5 Å². The van der Waals surface area contributed by atoms with Crippen LogP contribution in [0, 0.1) is 12.8 Å². The minimum Gasteiger partial charge on any atom is -0.371 e. The summed E-state index contributed by atoms with van der Waals surface area (Å²) >= 11 is 0. The lowest BCUT2D eigenvalue weighted by atomic mass is 10.0. The molecular weight excluding hydrogens is 410 g/mol. The normalized spacial score (nSPS) is 16.2. The topological polar surface area (TPSA) is 78.5 Å². The maximum absolute atomic E-state index is 12.7. The summed E-state index contributed by atoms with van der Waals surface area (Å²) in [6.45, 7) is 8.21. The molecule has 1 heterocycles. The average molecular weight is 444 g/mol. The van der Waals surface area contributed by atoms with Crippen molar-refractivity contribution < 1.29 is 13.2 Å². The highest BCUT2D eigenvalue weighted by Gasteiger charge is 2.26. The van der Waals surface area contributed by atoms with E-state index in [0.717, 1.165) is 17.7 Å². The van der Waals surface area contributed by atoms with Crippen LogP contribution >= 0.6 is 0 Å². The van der Waals surface area contributed by atoms with Gasteiger partial charge in [-0.15, -0.1) is 0 Å². The fourth-order valence-corrected chi connectivity index (χ4v) is 5.00. The van der Waals surface area contributed by atoms with Crippen molar-refractivity contribution in [1.29, 1.82) is 0 Å². The van der Waals surface area contributed by atoms with Gasteiger partial charge >= 0.3 is 0 Å². The molecule has 0 saturated carbocycles. The summed E-state index contributed by atoms with van der Waals surface area (Å²) in [5.74, 6) is 0.381. The largest absolute Gasteiger partial charge is 0.371 e. The van der Waals surface area contributed by atoms with E-state index >= 15 is 0 Å². The van der Waals surface area contributed by atoms with Crippen LogP contribution < -0.4 is 14.9 Å². The van der Waals surface area contributed by atoms with E-state index < -0.39 is 10.0 Å². The molecule has 3 rings (SSSR count). The fraction of sp³-hybridized carbons (Fsp3) is 0.458. The number of aryl methyl sites for hydroxylation is 1. The molecule has 1 atom stereocenters. The lowest BCUT2D eigenvalue weighted by Gasteiger charge is -2.34. The first-order chi connectivity index (χ1) is 14.8. The van der Waals surface area contributed by atoms with Crippen LogP contribution in [0.15, 0.2) is 53.4 Å². The number of hydrogen-bond acceptors (Lipinski definition) is 4. The molecule has 1 saturated heterocycles. The molecule has 0 bridgehead atoms. The molecule has 2 N–H and O–H groups in total. The van der Waals surface area contributed by atoms with Crippen LogP contribution in [0.2, 0.25) is 0 Å². The van der Waals surface area contributed by atoms with E-state index in [1.807, 2.05) is 31.2 Å². The van der Waals surface area contributed by atoms with Crippen molar-refractivity contribution in [2.24, 2.45) is 5.92 Å².